The fourth-order valence-corrected chi connectivity index (χ4v) is 2.02. The lowest BCUT2D eigenvalue weighted by Gasteiger charge is -2.02. The highest BCUT2D eigenvalue weighted by Crippen LogP contribution is 2.26. The van der Waals surface area contributed by atoms with Gasteiger partial charge in [0.25, 0.3) is 9.05 Å². The van der Waals surface area contributed by atoms with E-state index < -0.39 is 19.7 Å². The predicted molar refractivity (Wildman–Crippen MR) is 51.2 cm³/mol. The zero-order valence-electron chi connectivity index (χ0n) is 7.14. The first-order valence-corrected chi connectivity index (χ1v) is 5.88. The molecular weight excluding hydrogens is 242 g/mol. The Bertz CT molecular complexity index is 559. The van der Waals surface area contributed by atoms with Gasteiger partial charge in [-0.1, -0.05) is 0 Å². The zero-order chi connectivity index (χ0) is 11.6. The van der Waals surface area contributed by atoms with Gasteiger partial charge in [0.1, 0.15) is 11.8 Å². The van der Waals surface area contributed by atoms with Crippen LogP contribution in [-0.4, -0.2) is 19.8 Å². The minimum atomic E-state index is -4.12. The summed E-state index contributed by atoms with van der Waals surface area (Å²) in [6, 6.07) is 3.33. The summed E-state index contributed by atoms with van der Waals surface area (Å²) < 4.78 is 22.0. The second-order valence-electron chi connectivity index (χ2n) is 2.57. The van der Waals surface area contributed by atoms with E-state index in [0.29, 0.717) is 0 Å². The number of phenolic OH excluding ortho intramolecular Hbond substituents is 1. The molecule has 0 spiro atoms. The van der Waals surface area contributed by atoms with Crippen molar-refractivity contribution in [2.75, 3.05) is 0 Å². The molecule has 0 aliphatic rings. The molecule has 15 heavy (non-hydrogen) atoms. The molecule has 0 aliphatic heterocycles. The summed E-state index contributed by atoms with van der Waals surface area (Å²) in [5, 5.41) is 17.7. The van der Waals surface area contributed by atoms with Crippen molar-refractivity contribution in [2.24, 2.45) is 0 Å². The lowest BCUT2D eigenvalue weighted by atomic mass is 10.1. The van der Waals surface area contributed by atoms with Gasteiger partial charge in [-0.05, 0) is 6.07 Å². The number of benzene rings is 1. The van der Waals surface area contributed by atoms with Crippen LogP contribution < -0.4 is 0 Å². The number of hydrogen-bond donors (Lipinski definition) is 1. The van der Waals surface area contributed by atoms with Crippen LogP contribution in [-0.2, 0) is 9.05 Å². The van der Waals surface area contributed by atoms with E-state index in [1.54, 1.807) is 6.07 Å². The third-order valence-electron chi connectivity index (χ3n) is 1.64. The third kappa shape index (κ3) is 2.26. The largest absolute Gasteiger partial charge is 0.507 e. The average Bonchev–Trinajstić information content (AvgIpc) is 2.16. The molecule has 0 unspecified atom stereocenters. The maximum absolute atomic E-state index is 11.0. The van der Waals surface area contributed by atoms with E-state index in [1.807, 2.05) is 0 Å². The molecule has 0 atom stereocenters. The van der Waals surface area contributed by atoms with E-state index in [1.165, 1.54) is 0 Å². The monoisotopic (exact) mass is 245 g/mol. The smallest absolute Gasteiger partial charge is 0.262 e. The van der Waals surface area contributed by atoms with Crippen LogP contribution in [0.3, 0.4) is 0 Å². The summed E-state index contributed by atoms with van der Waals surface area (Å²) in [5.41, 5.74) is -0.458. The molecule has 0 saturated heterocycles. The first-order chi connectivity index (χ1) is 6.90. The maximum Gasteiger partial charge on any atom is 0.262 e. The second-order valence-corrected chi connectivity index (χ2v) is 5.11. The normalized spacial score (nSPS) is 10.7. The van der Waals surface area contributed by atoms with Crippen LogP contribution in [0.5, 0.6) is 5.75 Å². The zero-order valence-corrected chi connectivity index (χ0v) is 8.71. The maximum atomic E-state index is 11.0. The molecule has 0 amide bonds. The van der Waals surface area contributed by atoms with Crippen LogP contribution in [0.4, 0.5) is 0 Å². The number of halogens is 1. The fraction of sp³-hybridized carbons (Fsp3) is 0. The molecule has 5 nitrogen and oxygen atoms in total. The Morgan fingerprint density at radius 3 is 2.47 bits per heavy atom. The van der Waals surface area contributed by atoms with E-state index in [9.17, 15) is 18.3 Å². The van der Waals surface area contributed by atoms with Crippen molar-refractivity contribution in [3.05, 3.63) is 23.3 Å². The first kappa shape index (κ1) is 11.5. The summed E-state index contributed by atoms with van der Waals surface area (Å²) in [5.74, 6) is -0.540. The van der Waals surface area contributed by atoms with E-state index >= 15 is 0 Å². The number of nitriles is 1. The summed E-state index contributed by atoms with van der Waals surface area (Å²) in [6.07, 6.45) is 0.246. The summed E-state index contributed by atoms with van der Waals surface area (Å²) >= 11 is 0. The van der Waals surface area contributed by atoms with Gasteiger partial charge in [0, 0.05) is 22.3 Å². The third-order valence-corrected chi connectivity index (χ3v) is 3.02. The summed E-state index contributed by atoms with van der Waals surface area (Å²) in [7, 11) is 0.908. The van der Waals surface area contributed by atoms with Crippen molar-refractivity contribution >= 4 is 26.0 Å². The molecule has 0 aliphatic carbocycles. The van der Waals surface area contributed by atoms with Crippen LogP contribution in [0, 0.1) is 11.3 Å². The van der Waals surface area contributed by atoms with Crippen LogP contribution in [0.1, 0.15) is 15.9 Å². The van der Waals surface area contributed by atoms with Gasteiger partial charge in [0.2, 0.25) is 0 Å². The predicted octanol–water partition coefficient (Wildman–Crippen LogP) is 1.00. The molecule has 0 aromatic heterocycles. The van der Waals surface area contributed by atoms with Gasteiger partial charge < -0.3 is 5.11 Å². The molecule has 78 valence electrons. The van der Waals surface area contributed by atoms with Crippen molar-refractivity contribution in [2.45, 2.75) is 4.90 Å². The average molecular weight is 246 g/mol. The van der Waals surface area contributed by atoms with Crippen LogP contribution >= 0.6 is 10.7 Å². The quantitative estimate of drug-likeness (QED) is 0.620. The standard InChI is InChI=1S/C8H4ClNO4S/c9-15(13,14)8-2-7(12)5(3-10)1-6(8)4-11/h1-2,4,12H. The minimum Gasteiger partial charge on any atom is -0.507 e. The molecule has 0 bridgehead atoms. The number of rotatable bonds is 2. The molecule has 1 aromatic carbocycles. The number of aldehydes is 1. The van der Waals surface area contributed by atoms with E-state index in [-0.39, 0.29) is 17.4 Å². The Labute approximate surface area is 89.9 Å². The van der Waals surface area contributed by atoms with Crippen LogP contribution in [0.15, 0.2) is 17.0 Å². The molecule has 7 heteroatoms. The van der Waals surface area contributed by atoms with Gasteiger partial charge >= 0.3 is 0 Å². The Balaban J connectivity index is 3.64. The molecule has 1 rings (SSSR count). The van der Waals surface area contributed by atoms with Crippen molar-refractivity contribution < 1.29 is 18.3 Å². The van der Waals surface area contributed by atoms with Gasteiger partial charge in [-0.25, -0.2) is 8.42 Å². The molecular formula is C8H4ClNO4S. The highest BCUT2D eigenvalue weighted by molar-refractivity contribution is 8.13. The first-order valence-electron chi connectivity index (χ1n) is 3.57. The van der Waals surface area contributed by atoms with Crippen molar-refractivity contribution in [3.63, 3.8) is 0 Å². The Hall–Kier alpha value is -1.58. The number of aromatic hydroxyl groups is 1. The Kier molecular flexibility index (Phi) is 2.98. The van der Waals surface area contributed by atoms with E-state index in [2.05, 4.69) is 0 Å². The van der Waals surface area contributed by atoms with Crippen LogP contribution in [0.2, 0.25) is 0 Å². The second kappa shape index (κ2) is 3.88. The van der Waals surface area contributed by atoms with Gasteiger partial charge in [-0.3, -0.25) is 4.79 Å². The summed E-state index contributed by atoms with van der Waals surface area (Å²) in [4.78, 5) is 10.0. The summed E-state index contributed by atoms with van der Waals surface area (Å²) in [6.45, 7) is 0. The van der Waals surface area contributed by atoms with Crippen molar-refractivity contribution in [3.8, 4) is 11.8 Å². The van der Waals surface area contributed by atoms with Gasteiger partial charge in [0.15, 0.2) is 6.29 Å². The number of phenols is 1. The van der Waals surface area contributed by atoms with Crippen molar-refractivity contribution in [1.29, 1.82) is 5.26 Å². The number of hydrogen-bond acceptors (Lipinski definition) is 5. The number of carbonyl (C=O) groups excluding carboxylic acids is 1. The molecule has 0 fully saturated rings. The highest BCUT2D eigenvalue weighted by Gasteiger charge is 2.18. The molecule has 0 saturated carbocycles. The molecule has 1 aromatic rings. The molecule has 0 radical (unpaired) electrons. The van der Waals surface area contributed by atoms with Crippen molar-refractivity contribution in [1.82, 2.24) is 0 Å². The minimum absolute atomic E-state index is 0.193. The SMILES string of the molecule is N#Cc1cc(C=O)c(S(=O)(=O)Cl)cc1O. The van der Waals surface area contributed by atoms with Gasteiger partial charge in [-0.2, -0.15) is 5.26 Å². The fourth-order valence-electron chi connectivity index (χ4n) is 0.979. The molecule has 0 heterocycles. The molecule has 1 N–H and O–H groups in total. The number of carbonyl (C=O) groups is 1. The number of nitrogens with zero attached hydrogens (tertiary/aromatic N) is 1. The van der Waals surface area contributed by atoms with Gasteiger partial charge in [0.05, 0.1) is 10.5 Å². The van der Waals surface area contributed by atoms with Gasteiger partial charge in [-0.15, -0.1) is 0 Å². The Morgan fingerprint density at radius 1 is 1.47 bits per heavy atom. The lowest BCUT2D eigenvalue weighted by molar-refractivity contribution is 0.112. The topological polar surface area (TPSA) is 95.2 Å². The van der Waals surface area contributed by atoms with Crippen LogP contribution in [0.25, 0.3) is 0 Å². The highest BCUT2D eigenvalue weighted by atomic mass is 35.7. The van der Waals surface area contributed by atoms with E-state index in [4.69, 9.17) is 15.9 Å². The van der Waals surface area contributed by atoms with E-state index in [0.717, 1.165) is 12.1 Å². The Morgan fingerprint density at radius 2 is 2.07 bits per heavy atom. The lowest BCUT2D eigenvalue weighted by Crippen LogP contribution is -1.98.